The van der Waals surface area contributed by atoms with Crippen LogP contribution < -0.4 is 10.2 Å². The molecule has 2 aromatic rings. The Balaban J connectivity index is 1.70. The fourth-order valence-corrected chi connectivity index (χ4v) is 5.18. The Bertz CT molecular complexity index is 1050. The predicted octanol–water partition coefficient (Wildman–Crippen LogP) is 3.36. The second-order valence-corrected chi connectivity index (χ2v) is 9.04. The number of aryl methyl sites for hydroxylation is 1. The maximum absolute atomic E-state index is 13.1. The molecule has 0 unspecified atom stereocenters. The highest BCUT2D eigenvalue weighted by atomic mass is 32.2. The maximum atomic E-state index is 13.1. The smallest absolute Gasteiger partial charge is 0.416 e. The topological polar surface area (TPSA) is 95.9 Å². The molecule has 2 N–H and O–H groups in total. The van der Waals surface area contributed by atoms with Crippen LogP contribution in [0.15, 0.2) is 47.4 Å². The van der Waals surface area contributed by atoms with E-state index in [1.165, 1.54) is 34.1 Å². The normalized spacial score (nSPS) is 16.2. The van der Waals surface area contributed by atoms with Gasteiger partial charge in [0.15, 0.2) is 0 Å². The average Bonchev–Trinajstić information content (AvgIpc) is 2.73. The highest BCUT2D eigenvalue weighted by Gasteiger charge is 2.34. The molecule has 31 heavy (non-hydrogen) atoms. The van der Waals surface area contributed by atoms with Crippen molar-refractivity contribution < 1.29 is 36.3 Å². The van der Waals surface area contributed by atoms with Gasteiger partial charge in [-0.15, -0.1) is 0 Å². The summed E-state index contributed by atoms with van der Waals surface area (Å²) in [5, 5.41) is 8.96. The minimum atomic E-state index is -4.43. The number of sulfonamides is 1. The molecule has 1 heterocycles. The number of carbonyl (C=O) groups excluding carboxylic acids is 1. The standard InChI is InChI=1S/C20H21F3N2O5S/c1-13-3-2-4-17(18(13)19(26)24-27)31(28,29)25-11-9-16(10-12-25)30-15-7-5-14(6-8-15)20(21,22)23/h2-8,16,27H,9-12H2,1H3,(H,24,26). The van der Waals surface area contributed by atoms with E-state index in [-0.39, 0.29) is 35.4 Å². The van der Waals surface area contributed by atoms with Gasteiger partial charge in [-0.3, -0.25) is 10.0 Å². The van der Waals surface area contributed by atoms with Gasteiger partial charge < -0.3 is 4.74 Å². The Morgan fingerprint density at radius 1 is 1.13 bits per heavy atom. The van der Waals surface area contributed by atoms with E-state index in [4.69, 9.17) is 9.94 Å². The van der Waals surface area contributed by atoms with Crippen molar-refractivity contribution >= 4 is 15.9 Å². The fourth-order valence-electron chi connectivity index (χ4n) is 3.45. The Labute approximate surface area is 177 Å². The van der Waals surface area contributed by atoms with Crippen molar-refractivity contribution in [3.8, 4) is 5.75 Å². The molecule has 1 fully saturated rings. The zero-order chi connectivity index (χ0) is 22.8. The van der Waals surface area contributed by atoms with Crippen LogP contribution in [-0.2, 0) is 16.2 Å². The number of carbonyl (C=O) groups is 1. The summed E-state index contributed by atoms with van der Waals surface area (Å²) in [6.45, 7) is 1.79. The van der Waals surface area contributed by atoms with Gasteiger partial charge in [0.1, 0.15) is 11.9 Å². The highest BCUT2D eigenvalue weighted by molar-refractivity contribution is 7.89. The summed E-state index contributed by atoms with van der Waals surface area (Å²) in [6.07, 6.45) is -4.14. The third-order valence-electron chi connectivity index (χ3n) is 5.07. The van der Waals surface area contributed by atoms with Crippen LogP contribution in [0.25, 0.3) is 0 Å². The largest absolute Gasteiger partial charge is 0.490 e. The van der Waals surface area contributed by atoms with Gasteiger partial charge in [-0.25, -0.2) is 13.9 Å². The molecule has 11 heteroatoms. The van der Waals surface area contributed by atoms with Crippen molar-refractivity contribution in [2.75, 3.05) is 13.1 Å². The molecule has 1 saturated heterocycles. The van der Waals surface area contributed by atoms with E-state index in [9.17, 15) is 26.4 Å². The summed E-state index contributed by atoms with van der Waals surface area (Å²) in [5.74, 6) is -0.646. The Morgan fingerprint density at radius 3 is 2.29 bits per heavy atom. The molecular formula is C20H21F3N2O5S. The van der Waals surface area contributed by atoms with E-state index < -0.39 is 27.7 Å². The molecule has 2 aromatic carbocycles. The van der Waals surface area contributed by atoms with Crippen LogP contribution in [0.3, 0.4) is 0 Å². The van der Waals surface area contributed by atoms with Crippen LogP contribution >= 0.6 is 0 Å². The molecule has 0 spiro atoms. The molecule has 7 nitrogen and oxygen atoms in total. The van der Waals surface area contributed by atoms with Gasteiger partial charge in [0.2, 0.25) is 10.0 Å². The summed E-state index contributed by atoms with van der Waals surface area (Å²) < 4.78 is 71.1. The quantitative estimate of drug-likeness (QED) is 0.529. The zero-order valence-corrected chi connectivity index (χ0v) is 17.3. The molecule has 1 aliphatic rings. The summed E-state index contributed by atoms with van der Waals surface area (Å²) in [4.78, 5) is 11.8. The van der Waals surface area contributed by atoms with Crippen LogP contribution in [-0.4, -0.2) is 43.0 Å². The third kappa shape index (κ3) is 5.00. The minimum absolute atomic E-state index is 0.113. The molecule has 1 amide bonds. The van der Waals surface area contributed by atoms with Gasteiger partial charge >= 0.3 is 6.18 Å². The van der Waals surface area contributed by atoms with Gasteiger partial charge in [0.25, 0.3) is 5.91 Å². The summed E-state index contributed by atoms with van der Waals surface area (Å²) >= 11 is 0. The van der Waals surface area contributed by atoms with Crippen molar-refractivity contribution in [3.63, 3.8) is 0 Å². The molecule has 0 radical (unpaired) electrons. The van der Waals surface area contributed by atoms with Crippen LogP contribution in [0.5, 0.6) is 5.75 Å². The van der Waals surface area contributed by atoms with Crippen LogP contribution in [0, 0.1) is 6.92 Å². The van der Waals surface area contributed by atoms with E-state index >= 15 is 0 Å². The first-order valence-electron chi connectivity index (χ1n) is 9.42. The number of nitrogens with zero attached hydrogens (tertiary/aromatic N) is 1. The number of hydrogen-bond acceptors (Lipinski definition) is 5. The summed E-state index contributed by atoms with van der Waals surface area (Å²) in [5.41, 5.74) is 0.962. The first kappa shape index (κ1) is 23.0. The first-order chi connectivity index (χ1) is 14.5. The number of halogens is 3. The highest BCUT2D eigenvalue weighted by Crippen LogP contribution is 2.31. The number of nitrogens with one attached hydrogen (secondary N) is 1. The lowest BCUT2D eigenvalue weighted by Gasteiger charge is -2.32. The van der Waals surface area contributed by atoms with Crippen molar-refractivity contribution in [2.45, 2.75) is 36.9 Å². The summed E-state index contributed by atoms with van der Waals surface area (Å²) in [7, 11) is -4.01. The zero-order valence-electron chi connectivity index (χ0n) is 16.5. The molecule has 3 rings (SSSR count). The van der Waals surface area contributed by atoms with Crippen LogP contribution in [0.4, 0.5) is 13.2 Å². The number of hydroxylamine groups is 1. The van der Waals surface area contributed by atoms with Gasteiger partial charge in [-0.05, 0) is 55.7 Å². The number of amides is 1. The van der Waals surface area contributed by atoms with E-state index in [1.54, 1.807) is 13.0 Å². The van der Waals surface area contributed by atoms with Gasteiger partial charge in [0.05, 0.1) is 16.0 Å². The average molecular weight is 458 g/mol. The second kappa shape index (κ2) is 8.85. The third-order valence-corrected chi connectivity index (χ3v) is 7.01. The molecular weight excluding hydrogens is 437 g/mol. The molecule has 0 bridgehead atoms. The second-order valence-electron chi connectivity index (χ2n) is 7.13. The van der Waals surface area contributed by atoms with Crippen molar-refractivity contribution in [1.29, 1.82) is 0 Å². The van der Waals surface area contributed by atoms with E-state index in [1.807, 2.05) is 0 Å². The molecule has 168 valence electrons. The molecule has 0 aliphatic carbocycles. The Hall–Kier alpha value is -2.63. The fraction of sp³-hybridized carbons (Fsp3) is 0.350. The number of benzene rings is 2. The molecule has 1 aliphatic heterocycles. The van der Waals surface area contributed by atoms with Gasteiger partial charge in [-0.2, -0.15) is 17.5 Å². The van der Waals surface area contributed by atoms with E-state index in [2.05, 4.69) is 0 Å². The minimum Gasteiger partial charge on any atom is -0.490 e. The number of ether oxygens (including phenoxy) is 1. The lowest BCUT2D eigenvalue weighted by Crippen LogP contribution is -2.42. The monoisotopic (exact) mass is 458 g/mol. The van der Waals surface area contributed by atoms with Crippen LogP contribution in [0.2, 0.25) is 0 Å². The first-order valence-corrected chi connectivity index (χ1v) is 10.9. The van der Waals surface area contributed by atoms with E-state index in [0.29, 0.717) is 18.4 Å². The number of piperidine rings is 1. The lowest BCUT2D eigenvalue weighted by atomic mass is 10.1. The van der Waals surface area contributed by atoms with Crippen LogP contribution in [0.1, 0.15) is 34.3 Å². The number of rotatable bonds is 5. The Morgan fingerprint density at radius 2 is 1.74 bits per heavy atom. The van der Waals surface area contributed by atoms with Gasteiger partial charge in [-0.1, -0.05) is 12.1 Å². The van der Waals surface area contributed by atoms with Gasteiger partial charge in [0, 0.05) is 13.1 Å². The SMILES string of the molecule is Cc1cccc(S(=O)(=O)N2CCC(Oc3ccc(C(F)(F)F)cc3)CC2)c1C(=O)NO. The Kier molecular flexibility index (Phi) is 6.58. The molecule has 0 saturated carbocycles. The van der Waals surface area contributed by atoms with Crippen molar-refractivity contribution in [1.82, 2.24) is 9.79 Å². The summed E-state index contributed by atoms with van der Waals surface area (Å²) in [6, 6.07) is 8.71. The van der Waals surface area contributed by atoms with Crippen molar-refractivity contribution in [2.24, 2.45) is 0 Å². The molecule has 0 aromatic heterocycles. The number of hydrogen-bond donors (Lipinski definition) is 2. The predicted molar refractivity (Wildman–Crippen MR) is 104 cm³/mol. The van der Waals surface area contributed by atoms with Crippen molar-refractivity contribution in [3.05, 3.63) is 59.2 Å². The lowest BCUT2D eigenvalue weighted by molar-refractivity contribution is -0.137. The van der Waals surface area contributed by atoms with E-state index in [0.717, 1.165) is 12.1 Å². The molecule has 0 atom stereocenters. The number of alkyl halides is 3. The maximum Gasteiger partial charge on any atom is 0.416 e.